The first-order valence-electron chi connectivity index (χ1n) is 39.7. The number of carbonyl (C=O) groups excluding carboxylic acids is 2. The molecular formula is C75H118O39. The van der Waals surface area contributed by atoms with E-state index in [1.165, 1.54) is 20.8 Å². The average molecular weight is 1640 g/mol. The number of rotatable bonds is 19. The Morgan fingerprint density at radius 2 is 0.939 bits per heavy atom. The summed E-state index contributed by atoms with van der Waals surface area (Å²) in [6, 6.07) is 0. The molecule has 0 amide bonds. The van der Waals surface area contributed by atoms with E-state index in [0.717, 1.165) is 11.9 Å². The molecule has 39 heteroatoms. The van der Waals surface area contributed by atoms with Crippen molar-refractivity contribution in [2.75, 3.05) is 26.4 Å². The molecule has 13 aliphatic rings. The van der Waals surface area contributed by atoms with Gasteiger partial charge in [-0.1, -0.05) is 53.2 Å². The molecule has 114 heavy (non-hydrogen) atoms. The van der Waals surface area contributed by atoms with E-state index in [1.54, 1.807) is 6.92 Å². The first-order valence-corrected chi connectivity index (χ1v) is 39.7. The van der Waals surface area contributed by atoms with Gasteiger partial charge in [0.15, 0.2) is 56.2 Å². The number of aliphatic hydroxyl groups excluding tert-OH is 19. The number of hydrogen-bond donors (Lipinski definition) is 20. The Morgan fingerprint density at radius 1 is 0.447 bits per heavy atom. The summed E-state index contributed by atoms with van der Waals surface area (Å²) in [5, 5.41) is 220. The van der Waals surface area contributed by atoms with E-state index in [0.29, 0.717) is 51.4 Å². The molecule has 0 aromatic heterocycles. The predicted molar refractivity (Wildman–Crippen MR) is 372 cm³/mol. The molecule has 20 N–H and O–H groups in total. The van der Waals surface area contributed by atoms with Crippen molar-refractivity contribution in [3.63, 3.8) is 0 Å². The summed E-state index contributed by atoms with van der Waals surface area (Å²) in [4.78, 5) is 43.6. The Hall–Kier alpha value is -3.01. The van der Waals surface area contributed by atoms with E-state index >= 15 is 4.79 Å². The van der Waals surface area contributed by atoms with Gasteiger partial charge in [-0.2, -0.15) is 0 Å². The van der Waals surface area contributed by atoms with Crippen LogP contribution in [-0.2, 0) is 90.2 Å². The average Bonchev–Trinajstić information content (AvgIpc) is 0.673. The minimum absolute atomic E-state index is 0.117. The van der Waals surface area contributed by atoms with Crippen LogP contribution in [0.4, 0.5) is 0 Å². The van der Waals surface area contributed by atoms with E-state index in [4.69, 9.17) is 75.8 Å². The number of ether oxygens (including phenoxy) is 16. The topological polar surface area (TPSA) is 603 Å². The monoisotopic (exact) mass is 1640 g/mol. The fourth-order valence-electron chi connectivity index (χ4n) is 21.3. The fourth-order valence-corrected chi connectivity index (χ4v) is 21.3. The summed E-state index contributed by atoms with van der Waals surface area (Å²) in [5.74, 6) is -3.56. The maximum absolute atomic E-state index is 16.2. The number of carboxylic acid groups (broad SMARTS) is 1. The third-order valence-electron chi connectivity index (χ3n) is 28.5. The highest BCUT2D eigenvalue weighted by molar-refractivity contribution is 5.79. The van der Waals surface area contributed by atoms with E-state index in [9.17, 15) is 112 Å². The van der Waals surface area contributed by atoms with Crippen LogP contribution < -0.4 is 0 Å². The van der Waals surface area contributed by atoms with Gasteiger partial charge in [0, 0.05) is 0 Å². The molecule has 0 radical (unpaired) electrons. The summed E-state index contributed by atoms with van der Waals surface area (Å²) in [5.41, 5.74) is -3.86. The molecular weight excluding hydrogens is 1520 g/mol. The van der Waals surface area contributed by atoms with Crippen molar-refractivity contribution in [1.82, 2.24) is 0 Å². The second-order valence-electron chi connectivity index (χ2n) is 35.8. The normalized spacial score (nSPS) is 55.1. The van der Waals surface area contributed by atoms with Crippen molar-refractivity contribution < 1.29 is 192 Å². The first kappa shape index (κ1) is 88.8. The number of allylic oxidation sites excluding steroid dienone is 2. The molecule has 0 spiro atoms. The summed E-state index contributed by atoms with van der Waals surface area (Å²) >= 11 is 0. The first-order chi connectivity index (χ1) is 53.5. The van der Waals surface area contributed by atoms with Gasteiger partial charge in [0.2, 0.25) is 6.29 Å². The summed E-state index contributed by atoms with van der Waals surface area (Å²) < 4.78 is 97.1. The Bertz CT molecular complexity index is 3360. The molecule has 4 saturated carbocycles. The molecule has 8 heterocycles. The molecule has 8 aliphatic heterocycles. The molecule has 0 bridgehead atoms. The van der Waals surface area contributed by atoms with Crippen molar-refractivity contribution in [1.29, 1.82) is 0 Å². The lowest BCUT2D eigenvalue weighted by Crippen LogP contribution is -2.69. The van der Waals surface area contributed by atoms with Crippen molar-refractivity contribution >= 4 is 18.2 Å². The van der Waals surface area contributed by atoms with Gasteiger partial charge in [-0.15, -0.1) is 0 Å². The van der Waals surface area contributed by atoms with Crippen molar-refractivity contribution in [2.24, 2.45) is 50.2 Å². The van der Waals surface area contributed by atoms with Gasteiger partial charge in [-0.3, -0.25) is 4.79 Å². The van der Waals surface area contributed by atoms with Gasteiger partial charge in [0.1, 0.15) is 153 Å². The SMILES string of the molecule is C[C@@H]1O[C@@H](O[C@H]2[C@H](O)[C@@H](C)O[C@H](OC(=O)[C@@]34CCC(C)(C)C[C@@H]3C3=CC[C@H]5[C@@]6(C)CC[C@@H](O[C@H]7O[C@@H](C(=O)O)[C@@H](O)[C@H](O[C@@H]8OC[C@H](O)[C@H](O)[C@@H]8O)[C@@H]7O[C@H]7O[C@H](CO)[C@H](O)[C@H](O)[C@H]7O)[C@@](C)(C=O)[C@@H]6CC[C@@]5(C)[C@]3(C)CC4)[C@H]2O[C@H]2O[C@H](C)[C@H](O[C@H]3OC[C@H](O)[C@@H](O[C@H]4OC[C@@H](O)[C@@H](O)[C@@H]4O)[C@@H]3O)[C@@H](O)[C@@H]2O)[C@H](O)[C@H](O)[C@H]1O. The molecule has 5 aliphatic carbocycles. The number of fused-ring (bicyclic) bond motifs is 7. The Kier molecular flexibility index (Phi) is 26.2. The highest BCUT2D eigenvalue weighted by Gasteiger charge is 2.72. The zero-order chi connectivity index (χ0) is 83.0. The lowest BCUT2D eigenvalue weighted by Gasteiger charge is -2.71. The maximum Gasteiger partial charge on any atom is 0.335 e. The lowest BCUT2D eigenvalue weighted by molar-refractivity contribution is -0.392. The number of carboxylic acids is 1. The molecule has 13 rings (SSSR count). The highest BCUT2D eigenvalue weighted by atomic mass is 16.8. The third kappa shape index (κ3) is 15.5. The number of carbonyl (C=O) groups is 3. The maximum atomic E-state index is 16.2. The lowest BCUT2D eigenvalue weighted by atomic mass is 9.33. The Balaban J connectivity index is 0.764. The summed E-state index contributed by atoms with van der Waals surface area (Å²) in [6.07, 6.45) is -60.4. The molecule has 12 fully saturated rings. The minimum Gasteiger partial charge on any atom is -0.479 e. The second kappa shape index (κ2) is 33.7. The number of aliphatic carboxylic acids is 1. The Morgan fingerprint density at radius 3 is 1.54 bits per heavy atom. The van der Waals surface area contributed by atoms with Gasteiger partial charge in [0.25, 0.3) is 0 Å². The van der Waals surface area contributed by atoms with Crippen LogP contribution in [0.25, 0.3) is 0 Å². The third-order valence-corrected chi connectivity index (χ3v) is 28.5. The quantitative estimate of drug-likeness (QED) is 0.0247. The van der Waals surface area contributed by atoms with E-state index in [2.05, 4.69) is 40.7 Å². The summed E-state index contributed by atoms with van der Waals surface area (Å²) in [7, 11) is 0. The van der Waals surface area contributed by atoms with Crippen LogP contribution in [0.1, 0.15) is 127 Å². The van der Waals surface area contributed by atoms with Crippen LogP contribution in [0.2, 0.25) is 0 Å². The zero-order valence-corrected chi connectivity index (χ0v) is 64.9. The highest BCUT2D eigenvalue weighted by Crippen LogP contribution is 2.76. The van der Waals surface area contributed by atoms with E-state index in [-0.39, 0.29) is 24.2 Å². The summed E-state index contributed by atoms with van der Waals surface area (Å²) in [6.45, 7) is 14.3. The second-order valence-corrected chi connectivity index (χ2v) is 35.8. The van der Waals surface area contributed by atoms with Gasteiger partial charge in [0.05, 0.1) is 61.7 Å². The standard InChI is InChI=1S/C75H118O39/c1-26-38(81)43(86)48(91)64(102-26)110-55-39(82)27(2)103-67(58(55)112-65-50(93)45(88)53(28(3)104-65)107-63-52(95)54(33(80)24-101-63)108-61-46(89)40(83)31(78)22-99-61)114-69(98)75-18-16-70(4,5)20-30(75)29-10-11-36-71(6)14-13-37(72(7,25-77)35(71)12-15-74(36,9)73(29,8)17-19-75)106-68-59(113-66-49(92)44(87)42(85)34(21-76)105-66)56(51(94)57(111-68)60(96)97)109-62-47(90)41(84)32(79)23-100-62/h10,25-28,30-59,61-68,76,78-95H,11-24H2,1-9H3,(H,96,97)/t26-,27+,28+,30+,31+,32-,33-,34+,35+,36-,37+,38-,39+,40+,41-,42-,43+,44-,45-,46-,47-,48+,49+,50-,51-,52-,53-,54+,55-,56-,57+,58-,59-,61+,62-,63+,64-,65+,66+,67+,68-,71-,72-,73+,74+,75+/m0/s1. The van der Waals surface area contributed by atoms with Gasteiger partial charge >= 0.3 is 11.9 Å². The van der Waals surface area contributed by atoms with Crippen LogP contribution in [0.3, 0.4) is 0 Å². The van der Waals surface area contributed by atoms with Crippen LogP contribution in [0.15, 0.2) is 11.6 Å². The number of aldehydes is 1. The van der Waals surface area contributed by atoms with Gasteiger partial charge in [-0.05, 0) is 124 Å². The molecule has 0 aromatic rings. The largest absolute Gasteiger partial charge is 0.479 e. The number of aliphatic hydroxyl groups is 19. The smallest absolute Gasteiger partial charge is 0.335 e. The van der Waals surface area contributed by atoms with Crippen LogP contribution >= 0.6 is 0 Å². The van der Waals surface area contributed by atoms with E-state index < -0.39 is 311 Å². The molecule has 8 saturated heterocycles. The van der Waals surface area contributed by atoms with Crippen LogP contribution in [0.5, 0.6) is 0 Å². The fraction of sp³-hybridized carbons (Fsp3) is 0.933. The van der Waals surface area contributed by atoms with Crippen LogP contribution in [-0.4, -0.2) is 380 Å². The number of hydrogen-bond acceptors (Lipinski definition) is 38. The minimum atomic E-state index is -2.22. The van der Waals surface area contributed by atoms with Crippen molar-refractivity contribution in [3.05, 3.63) is 11.6 Å². The molecule has 652 valence electrons. The van der Waals surface area contributed by atoms with Gasteiger partial charge < -0.3 is 183 Å². The molecule has 46 atom stereocenters. The predicted octanol–water partition coefficient (Wildman–Crippen LogP) is -6.47. The molecule has 0 unspecified atom stereocenters. The van der Waals surface area contributed by atoms with Crippen molar-refractivity contribution in [2.45, 2.75) is 360 Å². The van der Waals surface area contributed by atoms with Gasteiger partial charge in [-0.25, -0.2) is 4.79 Å². The Labute approximate surface area is 656 Å². The molecule has 0 aromatic carbocycles. The molecule has 39 nitrogen and oxygen atoms in total. The van der Waals surface area contributed by atoms with E-state index in [1.807, 2.05) is 0 Å². The number of esters is 1. The van der Waals surface area contributed by atoms with Crippen molar-refractivity contribution in [3.8, 4) is 0 Å². The van der Waals surface area contributed by atoms with Crippen LogP contribution in [0, 0.1) is 50.2 Å². The zero-order valence-electron chi connectivity index (χ0n) is 64.9.